The predicted octanol–water partition coefficient (Wildman–Crippen LogP) is 0.886. The Kier molecular flexibility index (Phi) is 4.24. The van der Waals surface area contributed by atoms with Gasteiger partial charge in [0.1, 0.15) is 0 Å². The van der Waals surface area contributed by atoms with Gasteiger partial charge in [-0.05, 0) is 25.8 Å². The number of hydrogen-bond donors (Lipinski definition) is 2. The summed E-state index contributed by atoms with van der Waals surface area (Å²) in [7, 11) is 0. The van der Waals surface area contributed by atoms with Gasteiger partial charge in [0.25, 0.3) is 0 Å². The molecule has 1 atom stereocenters. The van der Waals surface area contributed by atoms with Crippen molar-refractivity contribution in [2.45, 2.75) is 39.7 Å². The molecular formula is C9H20N2O. The van der Waals surface area contributed by atoms with Gasteiger partial charge in [0.2, 0.25) is 5.91 Å². The van der Waals surface area contributed by atoms with Gasteiger partial charge in [0.15, 0.2) is 0 Å². The van der Waals surface area contributed by atoms with E-state index in [2.05, 4.69) is 12.2 Å². The van der Waals surface area contributed by atoms with E-state index in [0.717, 1.165) is 13.0 Å². The van der Waals surface area contributed by atoms with Gasteiger partial charge in [-0.2, -0.15) is 0 Å². The first-order chi connectivity index (χ1) is 5.45. The highest BCUT2D eigenvalue weighted by Gasteiger charge is 2.33. The third-order valence-electron chi connectivity index (χ3n) is 2.41. The van der Waals surface area contributed by atoms with Crippen LogP contribution in [0.5, 0.6) is 0 Å². The van der Waals surface area contributed by atoms with Crippen molar-refractivity contribution in [2.75, 3.05) is 6.54 Å². The van der Waals surface area contributed by atoms with E-state index in [1.807, 2.05) is 20.8 Å². The molecule has 3 N–H and O–H groups in total. The van der Waals surface area contributed by atoms with E-state index in [1.165, 1.54) is 0 Å². The largest absolute Gasteiger partial charge is 0.368 e. The van der Waals surface area contributed by atoms with E-state index in [0.29, 0.717) is 0 Å². The summed E-state index contributed by atoms with van der Waals surface area (Å²) in [6, 6.07) is 0. The first kappa shape index (κ1) is 11.4. The van der Waals surface area contributed by atoms with E-state index in [4.69, 9.17) is 5.73 Å². The second-order valence-electron chi connectivity index (χ2n) is 3.65. The Bertz CT molecular complexity index is 157. The first-order valence-electron chi connectivity index (χ1n) is 4.50. The van der Waals surface area contributed by atoms with Gasteiger partial charge in [0.05, 0.1) is 5.54 Å². The van der Waals surface area contributed by atoms with Gasteiger partial charge in [-0.3, -0.25) is 4.79 Å². The molecular weight excluding hydrogens is 152 g/mol. The minimum absolute atomic E-state index is 0.224. The zero-order valence-corrected chi connectivity index (χ0v) is 8.48. The molecule has 0 heterocycles. The van der Waals surface area contributed by atoms with Crippen LogP contribution in [0.2, 0.25) is 0 Å². The minimum atomic E-state index is -0.560. The Morgan fingerprint density at radius 3 is 2.33 bits per heavy atom. The lowest BCUT2D eigenvalue weighted by Gasteiger charge is -2.31. The van der Waals surface area contributed by atoms with E-state index < -0.39 is 5.54 Å². The highest BCUT2D eigenvalue weighted by molar-refractivity contribution is 5.84. The van der Waals surface area contributed by atoms with Crippen LogP contribution in [0.3, 0.4) is 0 Å². The zero-order chi connectivity index (χ0) is 9.78. The maximum Gasteiger partial charge on any atom is 0.237 e. The lowest BCUT2D eigenvalue weighted by atomic mass is 9.87. The van der Waals surface area contributed by atoms with E-state index in [-0.39, 0.29) is 11.8 Å². The topological polar surface area (TPSA) is 55.1 Å². The highest BCUT2D eigenvalue weighted by atomic mass is 16.1. The number of carbonyl (C=O) groups is 1. The molecule has 0 aliphatic heterocycles. The van der Waals surface area contributed by atoms with Crippen molar-refractivity contribution in [1.29, 1.82) is 0 Å². The van der Waals surface area contributed by atoms with Gasteiger partial charge in [-0.15, -0.1) is 0 Å². The van der Waals surface area contributed by atoms with Crippen LogP contribution in [0.1, 0.15) is 34.1 Å². The van der Waals surface area contributed by atoms with Crippen molar-refractivity contribution < 1.29 is 4.79 Å². The van der Waals surface area contributed by atoms with Crippen molar-refractivity contribution in [3.05, 3.63) is 0 Å². The molecule has 0 aromatic heterocycles. The fourth-order valence-electron chi connectivity index (χ4n) is 0.960. The summed E-state index contributed by atoms with van der Waals surface area (Å²) >= 11 is 0. The molecule has 0 aromatic rings. The Labute approximate surface area is 74.7 Å². The average molecular weight is 172 g/mol. The van der Waals surface area contributed by atoms with Crippen LogP contribution in [0.25, 0.3) is 0 Å². The summed E-state index contributed by atoms with van der Waals surface area (Å²) in [5.74, 6) is -0.0486. The molecule has 0 saturated heterocycles. The lowest BCUT2D eigenvalue weighted by Crippen LogP contribution is -2.56. The summed E-state index contributed by atoms with van der Waals surface area (Å²) in [5.41, 5.74) is 4.75. The molecule has 0 fully saturated rings. The SMILES string of the molecule is CCCNC(C)(C(N)=O)C(C)C. The van der Waals surface area contributed by atoms with Crippen LogP contribution in [-0.4, -0.2) is 18.0 Å². The second kappa shape index (κ2) is 4.45. The molecule has 1 amide bonds. The van der Waals surface area contributed by atoms with Gasteiger partial charge in [-0.1, -0.05) is 20.8 Å². The van der Waals surface area contributed by atoms with Crippen molar-refractivity contribution in [1.82, 2.24) is 5.32 Å². The first-order valence-corrected chi connectivity index (χ1v) is 4.50. The summed E-state index contributed by atoms with van der Waals surface area (Å²) in [6.45, 7) is 8.74. The van der Waals surface area contributed by atoms with Crippen LogP contribution in [0, 0.1) is 5.92 Å². The van der Waals surface area contributed by atoms with Crippen LogP contribution >= 0.6 is 0 Å². The quantitative estimate of drug-likeness (QED) is 0.647. The number of primary amides is 1. The number of hydrogen-bond acceptors (Lipinski definition) is 2. The minimum Gasteiger partial charge on any atom is -0.368 e. The number of carbonyl (C=O) groups excluding carboxylic acids is 1. The van der Waals surface area contributed by atoms with Gasteiger partial charge in [0, 0.05) is 0 Å². The fourth-order valence-corrected chi connectivity index (χ4v) is 0.960. The Morgan fingerprint density at radius 1 is 1.58 bits per heavy atom. The molecule has 3 heteroatoms. The molecule has 0 radical (unpaired) electrons. The molecule has 3 nitrogen and oxygen atoms in total. The Hall–Kier alpha value is -0.570. The highest BCUT2D eigenvalue weighted by Crippen LogP contribution is 2.15. The number of nitrogens with two attached hydrogens (primary N) is 1. The summed E-state index contributed by atoms with van der Waals surface area (Å²) in [5, 5.41) is 3.17. The molecule has 1 unspecified atom stereocenters. The van der Waals surface area contributed by atoms with Crippen LogP contribution in [0.4, 0.5) is 0 Å². The number of nitrogens with one attached hydrogen (secondary N) is 1. The maximum atomic E-state index is 11.1. The van der Waals surface area contributed by atoms with Crippen molar-refractivity contribution in [2.24, 2.45) is 11.7 Å². The predicted molar refractivity (Wildman–Crippen MR) is 50.7 cm³/mol. The molecule has 0 aromatic carbocycles. The molecule has 0 aliphatic carbocycles. The third kappa shape index (κ3) is 2.48. The maximum absolute atomic E-state index is 11.1. The number of amides is 1. The third-order valence-corrected chi connectivity index (χ3v) is 2.41. The van der Waals surface area contributed by atoms with Crippen molar-refractivity contribution >= 4 is 5.91 Å². The molecule has 0 bridgehead atoms. The van der Waals surface area contributed by atoms with E-state index >= 15 is 0 Å². The Balaban J connectivity index is 4.29. The second-order valence-corrected chi connectivity index (χ2v) is 3.65. The van der Waals surface area contributed by atoms with E-state index in [9.17, 15) is 4.79 Å². The number of rotatable bonds is 5. The lowest BCUT2D eigenvalue weighted by molar-refractivity contribution is -0.125. The van der Waals surface area contributed by atoms with Gasteiger partial charge in [-0.25, -0.2) is 0 Å². The summed E-state index contributed by atoms with van der Waals surface area (Å²) < 4.78 is 0. The Morgan fingerprint density at radius 2 is 2.08 bits per heavy atom. The fraction of sp³-hybridized carbons (Fsp3) is 0.889. The summed E-state index contributed by atoms with van der Waals surface area (Å²) in [6.07, 6.45) is 1.01. The van der Waals surface area contributed by atoms with Crippen LogP contribution < -0.4 is 11.1 Å². The molecule has 0 saturated carbocycles. The smallest absolute Gasteiger partial charge is 0.237 e. The normalized spacial score (nSPS) is 16.1. The molecule has 12 heavy (non-hydrogen) atoms. The monoisotopic (exact) mass is 172 g/mol. The van der Waals surface area contributed by atoms with Gasteiger partial charge < -0.3 is 11.1 Å². The molecule has 72 valence electrons. The van der Waals surface area contributed by atoms with Crippen molar-refractivity contribution in [3.8, 4) is 0 Å². The van der Waals surface area contributed by atoms with Crippen molar-refractivity contribution in [3.63, 3.8) is 0 Å². The summed E-state index contributed by atoms with van der Waals surface area (Å²) in [4.78, 5) is 11.1. The zero-order valence-electron chi connectivity index (χ0n) is 8.48. The average Bonchev–Trinajstić information content (AvgIpc) is 1.99. The molecule has 0 aliphatic rings. The van der Waals surface area contributed by atoms with Crippen LogP contribution in [0.15, 0.2) is 0 Å². The standard InChI is InChI=1S/C9H20N2O/c1-5-6-11-9(4,7(2)3)8(10)12/h7,11H,5-6H2,1-4H3,(H2,10,12). The molecule has 0 rings (SSSR count). The molecule has 0 spiro atoms. The van der Waals surface area contributed by atoms with E-state index in [1.54, 1.807) is 0 Å². The van der Waals surface area contributed by atoms with Crippen LogP contribution in [-0.2, 0) is 4.79 Å². The van der Waals surface area contributed by atoms with Gasteiger partial charge >= 0.3 is 0 Å².